The second kappa shape index (κ2) is 5.60. The molecule has 1 aromatic rings. The molecular formula is C13H15N3O4. The normalized spacial score (nSPS) is 14.2. The Labute approximate surface area is 115 Å². The lowest BCUT2D eigenvalue weighted by Gasteiger charge is -2.14. The van der Waals surface area contributed by atoms with Gasteiger partial charge in [-0.3, -0.25) is 14.5 Å². The van der Waals surface area contributed by atoms with E-state index in [1.807, 2.05) is 13.0 Å². The zero-order chi connectivity index (χ0) is 14.7. The number of imide groups is 1. The maximum Gasteiger partial charge on any atom is 0.325 e. The van der Waals surface area contributed by atoms with Gasteiger partial charge in [0.05, 0.1) is 19.3 Å². The number of methoxy groups -OCH3 is 1. The van der Waals surface area contributed by atoms with Crippen LogP contribution in [-0.2, 0) is 9.59 Å². The smallest absolute Gasteiger partial charge is 0.325 e. The van der Waals surface area contributed by atoms with Crippen LogP contribution in [0.5, 0.6) is 5.75 Å². The Hall–Kier alpha value is -2.57. The van der Waals surface area contributed by atoms with Gasteiger partial charge in [0.15, 0.2) is 0 Å². The van der Waals surface area contributed by atoms with Gasteiger partial charge in [0, 0.05) is 0 Å². The third-order valence-electron chi connectivity index (χ3n) is 2.87. The highest BCUT2D eigenvalue weighted by Gasteiger charge is 2.30. The van der Waals surface area contributed by atoms with Gasteiger partial charge >= 0.3 is 6.03 Å². The van der Waals surface area contributed by atoms with E-state index in [-0.39, 0.29) is 13.1 Å². The predicted octanol–water partition coefficient (Wildman–Crippen LogP) is 0.494. The van der Waals surface area contributed by atoms with Crippen LogP contribution in [0.3, 0.4) is 0 Å². The van der Waals surface area contributed by atoms with Gasteiger partial charge in [-0.1, -0.05) is 6.07 Å². The molecular weight excluding hydrogens is 262 g/mol. The number of rotatable bonds is 4. The van der Waals surface area contributed by atoms with Crippen molar-refractivity contribution in [1.29, 1.82) is 0 Å². The van der Waals surface area contributed by atoms with Crippen LogP contribution in [0.4, 0.5) is 10.5 Å². The molecule has 1 fully saturated rings. The summed E-state index contributed by atoms with van der Waals surface area (Å²) in [4.78, 5) is 35.5. The summed E-state index contributed by atoms with van der Waals surface area (Å²) in [7, 11) is 1.50. The van der Waals surface area contributed by atoms with Gasteiger partial charge < -0.3 is 15.4 Å². The monoisotopic (exact) mass is 277 g/mol. The average molecular weight is 277 g/mol. The molecule has 7 heteroatoms. The highest BCUT2D eigenvalue weighted by atomic mass is 16.5. The van der Waals surface area contributed by atoms with E-state index in [0.29, 0.717) is 11.4 Å². The summed E-state index contributed by atoms with van der Waals surface area (Å²) in [5.41, 5.74) is 1.46. The maximum absolute atomic E-state index is 11.9. The number of aryl methyl sites for hydroxylation is 1. The third-order valence-corrected chi connectivity index (χ3v) is 2.87. The number of nitrogens with zero attached hydrogens (tertiary/aromatic N) is 1. The van der Waals surface area contributed by atoms with Gasteiger partial charge in [-0.05, 0) is 24.6 Å². The van der Waals surface area contributed by atoms with Crippen molar-refractivity contribution in [3.8, 4) is 5.75 Å². The molecule has 2 rings (SSSR count). The molecule has 0 bridgehead atoms. The summed E-state index contributed by atoms with van der Waals surface area (Å²) < 4.78 is 5.14. The number of carbonyl (C=O) groups excluding carboxylic acids is 3. The largest absolute Gasteiger partial charge is 0.495 e. The molecule has 0 aromatic heterocycles. The Kier molecular flexibility index (Phi) is 3.88. The fourth-order valence-corrected chi connectivity index (χ4v) is 1.87. The topological polar surface area (TPSA) is 87.7 Å². The van der Waals surface area contributed by atoms with Crippen LogP contribution in [0.15, 0.2) is 18.2 Å². The molecule has 1 aliphatic rings. The van der Waals surface area contributed by atoms with E-state index in [9.17, 15) is 14.4 Å². The first-order valence-corrected chi connectivity index (χ1v) is 6.04. The number of ether oxygens (including phenoxy) is 1. The highest BCUT2D eigenvalue weighted by Crippen LogP contribution is 2.25. The molecule has 1 aliphatic heterocycles. The van der Waals surface area contributed by atoms with E-state index >= 15 is 0 Å². The van der Waals surface area contributed by atoms with Crippen molar-refractivity contribution in [3.63, 3.8) is 0 Å². The minimum Gasteiger partial charge on any atom is -0.495 e. The molecule has 106 valence electrons. The summed E-state index contributed by atoms with van der Waals surface area (Å²) in [6.07, 6.45) is 0. The maximum atomic E-state index is 11.9. The average Bonchev–Trinajstić information content (AvgIpc) is 2.71. The molecule has 4 amide bonds. The molecule has 0 atom stereocenters. The molecule has 0 unspecified atom stereocenters. The quantitative estimate of drug-likeness (QED) is 0.784. The summed E-state index contributed by atoms with van der Waals surface area (Å²) in [6, 6.07) is 4.79. The van der Waals surface area contributed by atoms with Gasteiger partial charge in [0.1, 0.15) is 12.3 Å². The van der Waals surface area contributed by atoms with Crippen LogP contribution in [0.1, 0.15) is 5.56 Å². The van der Waals surface area contributed by atoms with Gasteiger partial charge in [0.2, 0.25) is 5.91 Å². The van der Waals surface area contributed by atoms with Crippen molar-refractivity contribution < 1.29 is 19.1 Å². The van der Waals surface area contributed by atoms with Gasteiger partial charge in [0.25, 0.3) is 5.91 Å². The molecule has 0 spiro atoms. The number of anilines is 1. The van der Waals surface area contributed by atoms with Gasteiger partial charge in [-0.2, -0.15) is 0 Å². The third kappa shape index (κ3) is 2.87. The standard InChI is InChI=1S/C13H15N3O4/c1-8-3-4-10(20-2)9(5-8)15-11(17)7-16-12(18)6-14-13(16)19/h3-5H,6-7H2,1-2H3,(H,14,19)(H,15,17). The fourth-order valence-electron chi connectivity index (χ4n) is 1.87. The van der Waals surface area contributed by atoms with Crippen molar-refractivity contribution in [2.24, 2.45) is 0 Å². The number of nitrogens with one attached hydrogen (secondary N) is 2. The Bertz CT molecular complexity index is 555. The first-order chi connectivity index (χ1) is 9.51. The summed E-state index contributed by atoms with van der Waals surface area (Å²) in [6.45, 7) is 1.49. The van der Waals surface area contributed by atoms with E-state index in [0.717, 1.165) is 10.5 Å². The Morgan fingerprint density at radius 1 is 1.45 bits per heavy atom. The van der Waals surface area contributed by atoms with Gasteiger partial charge in [-0.25, -0.2) is 4.79 Å². The number of carbonyl (C=O) groups is 3. The molecule has 7 nitrogen and oxygen atoms in total. The lowest BCUT2D eigenvalue weighted by molar-refractivity contribution is -0.128. The molecule has 1 aromatic carbocycles. The lowest BCUT2D eigenvalue weighted by atomic mass is 10.2. The fraction of sp³-hybridized carbons (Fsp3) is 0.308. The van der Waals surface area contributed by atoms with Crippen LogP contribution < -0.4 is 15.4 Å². The zero-order valence-electron chi connectivity index (χ0n) is 11.2. The van der Waals surface area contributed by atoms with Crippen LogP contribution >= 0.6 is 0 Å². The Morgan fingerprint density at radius 2 is 2.20 bits per heavy atom. The minimum atomic E-state index is -0.554. The SMILES string of the molecule is COc1ccc(C)cc1NC(=O)CN1C(=O)CNC1=O. The van der Waals surface area contributed by atoms with Crippen LogP contribution in [0.2, 0.25) is 0 Å². The van der Waals surface area contributed by atoms with Crippen molar-refractivity contribution in [1.82, 2.24) is 10.2 Å². The number of benzene rings is 1. The van der Waals surface area contributed by atoms with Crippen molar-refractivity contribution in [2.45, 2.75) is 6.92 Å². The Morgan fingerprint density at radius 3 is 2.80 bits per heavy atom. The number of hydrogen-bond donors (Lipinski definition) is 2. The molecule has 20 heavy (non-hydrogen) atoms. The summed E-state index contributed by atoms with van der Waals surface area (Å²) in [5, 5.41) is 4.99. The Balaban J connectivity index is 2.06. The van der Waals surface area contributed by atoms with E-state index in [1.54, 1.807) is 12.1 Å². The molecule has 1 saturated heterocycles. The molecule has 1 heterocycles. The molecule has 0 radical (unpaired) electrons. The first-order valence-electron chi connectivity index (χ1n) is 6.04. The van der Waals surface area contributed by atoms with Crippen molar-refractivity contribution in [3.05, 3.63) is 23.8 Å². The van der Waals surface area contributed by atoms with Crippen LogP contribution in [0, 0.1) is 6.92 Å². The molecule has 0 saturated carbocycles. The van der Waals surface area contributed by atoms with Crippen molar-refractivity contribution in [2.75, 3.05) is 25.5 Å². The zero-order valence-corrected chi connectivity index (χ0v) is 11.2. The molecule has 2 N–H and O–H groups in total. The van der Waals surface area contributed by atoms with E-state index < -0.39 is 17.8 Å². The number of hydrogen-bond acceptors (Lipinski definition) is 4. The summed E-state index contributed by atoms with van der Waals surface area (Å²) in [5.74, 6) is -0.359. The lowest BCUT2D eigenvalue weighted by Crippen LogP contribution is -2.38. The first kappa shape index (κ1) is 13.9. The van der Waals surface area contributed by atoms with E-state index in [2.05, 4.69) is 10.6 Å². The minimum absolute atomic E-state index is 0.0696. The van der Waals surface area contributed by atoms with Gasteiger partial charge in [-0.15, -0.1) is 0 Å². The van der Waals surface area contributed by atoms with Crippen LogP contribution in [0.25, 0.3) is 0 Å². The summed E-state index contributed by atoms with van der Waals surface area (Å²) >= 11 is 0. The highest BCUT2D eigenvalue weighted by molar-refractivity contribution is 6.06. The van der Waals surface area contributed by atoms with Crippen molar-refractivity contribution >= 4 is 23.5 Å². The number of urea groups is 1. The second-order valence-electron chi connectivity index (χ2n) is 4.39. The molecule has 0 aliphatic carbocycles. The van der Waals surface area contributed by atoms with E-state index in [1.165, 1.54) is 7.11 Å². The second-order valence-corrected chi connectivity index (χ2v) is 4.39. The number of amides is 4. The van der Waals surface area contributed by atoms with Crippen LogP contribution in [-0.4, -0.2) is 42.9 Å². The predicted molar refractivity (Wildman–Crippen MR) is 71.5 cm³/mol. The van der Waals surface area contributed by atoms with E-state index in [4.69, 9.17) is 4.74 Å².